The van der Waals surface area contributed by atoms with Gasteiger partial charge >= 0.3 is 0 Å². The minimum atomic E-state index is -0.365. The molecule has 0 saturated heterocycles. The molecule has 0 N–H and O–H groups in total. The normalized spacial score (nSPS) is 13.9. The van der Waals surface area contributed by atoms with Crippen molar-refractivity contribution in [2.24, 2.45) is 0 Å². The maximum absolute atomic E-state index is 2.53. The molecule has 2 aliphatic rings. The molecule has 238 valence electrons. The molecule has 1 nitrogen and oxygen atoms in total. The number of hydrogen-bond donors (Lipinski definition) is 0. The second-order valence-electron chi connectivity index (χ2n) is 14.8. The van der Waals surface area contributed by atoms with E-state index >= 15 is 0 Å². The molecular formula is C51H29N. The van der Waals surface area contributed by atoms with Crippen LogP contribution in [-0.2, 0) is 5.41 Å². The molecule has 2 aliphatic carbocycles. The van der Waals surface area contributed by atoms with E-state index in [1.807, 2.05) is 0 Å². The molecule has 0 radical (unpaired) electrons. The molecule has 0 bridgehead atoms. The van der Waals surface area contributed by atoms with Gasteiger partial charge in [-0.05, 0) is 120 Å². The Balaban J connectivity index is 1.15. The standard InChI is InChI=1S/C51H29N/c1-3-13-32-28-48-40(23-30(32)11-1)42-25-35(26-43-41-24-31-12-2-4-14-33(31)29-49(41)52(48)50(42)43)34-21-22-39-38-17-7-10-20-46(38)51(47(39)27-34)44-18-8-5-15-36(44)37-16-6-9-19-45(37)51/h1-29H. The molecule has 13 rings (SSSR count). The van der Waals surface area contributed by atoms with Gasteiger partial charge in [-0.15, -0.1) is 0 Å². The molecule has 2 aromatic heterocycles. The molecule has 1 spiro atoms. The van der Waals surface area contributed by atoms with Crippen molar-refractivity contribution < 1.29 is 0 Å². The third-order valence-electron chi connectivity index (χ3n) is 12.5. The third-order valence-corrected chi connectivity index (χ3v) is 12.5. The number of rotatable bonds is 1. The van der Waals surface area contributed by atoms with E-state index in [2.05, 4.69) is 180 Å². The van der Waals surface area contributed by atoms with Crippen LogP contribution < -0.4 is 0 Å². The van der Waals surface area contributed by atoms with Gasteiger partial charge in [0.1, 0.15) is 0 Å². The number of aromatic nitrogens is 1. The monoisotopic (exact) mass is 655 g/mol. The van der Waals surface area contributed by atoms with Gasteiger partial charge < -0.3 is 4.40 Å². The van der Waals surface area contributed by atoms with Gasteiger partial charge in [-0.25, -0.2) is 0 Å². The van der Waals surface area contributed by atoms with Gasteiger partial charge in [-0.2, -0.15) is 0 Å². The highest BCUT2D eigenvalue weighted by molar-refractivity contribution is 6.27. The zero-order chi connectivity index (χ0) is 33.7. The first-order valence-electron chi connectivity index (χ1n) is 18.3. The van der Waals surface area contributed by atoms with Crippen LogP contribution in [0.4, 0.5) is 0 Å². The van der Waals surface area contributed by atoms with Crippen molar-refractivity contribution in [3.63, 3.8) is 0 Å². The molecule has 0 saturated carbocycles. The summed E-state index contributed by atoms with van der Waals surface area (Å²) in [6.07, 6.45) is 0. The average Bonchev–Trinajstić information content (AvgIpc) is 3.89. The van der Waals surface area contributed by atoms with Crippen molar-refractivity contribution in [1.29, 1.82) is 0 Å². The summed E-state index contributed by atoms with van der Waals surface area (Å²) in [5.41, 5.74) is 16.8. The Morgan fingerprint density at radius 2 is 0.731 bits per heavy atom. The van der Waals surface area contributed by atoms with Crippen molar-refractivity contribution in [2.75, 3.05) is 0 Å². The fourth-order valence-corrected chi connectivity index (χ4v) is 10.4. The lowest BCUT2D eigenvalue weighted by Gasteiger charge is -2.30. The molecule has 0 fully saturated rings. The highest BCUT2D eigenvalue weighted by atomic mass is 14.9. The highest BCUT2D eigenvalue weighted by Crippen LogP contribution is 2.63. The summed E-state index contributed by atoms with van der Waals surface area (Å²) in [4.78, 5) is 0. The Kier molecular flexibility index (Phi) is 4.86. The van der Waals surface area contributed by atoms with Crippen LogP contribution in [0.15, 0.2) is 176 Å². The van der Waals surface area contributed by atoms with Crippen molar-refractivity contribution in [2.45, 2.75) is 5.41 Å². The summed E-state index contributed by atoms with van der Waals surface area (Å²) in [7, 11) is 0. The second kappa shape index (κ2) is 9.34. The lowest BCUT2D eigenvalue weighted by molar-refractivity contribution is 0.794. The smallest absolute Gasteiger partial charge is 0.0725 e. The molecule has 0 amide bonds. The lowest BCUT2D eigenvalue weighted by Crippen LogP contribution is -2.25. The average molecular weight is 656 g/mol. The van der Waals surface area contributed by atoms with Gasteiger partial charge in [0.25, 0.3) is 0 Å². The molecule has 9 aromatic carbocycles. The Morgan fingerprint density at radius 3 is 1.23 bits per heavy atom. The predicted octanol–water partition coefficient (Wildman–Crippen LogP) is 13.2. The van der Waals surface area contributed by atoms with Crippen molar-refractivity contribution in [3.8, 4) is 33.4 Å². The zero-order valence-corrected chi connectivity index (χ0v) is 28.2. The topological polar surface area (TPSA) is 4.41 Å². The van der Waals surface area contributed by atoms with E-state index in [1.165, 1.54) is 115 Å². The number of hydrogen-bond acceptors (Lipinski definition) is 0. The van der Waals surface area contributed by atoms with E-state index in [-0.39, 0.29) is 5.41 Å². The molecule has 0 unspecified atom stereocenters. The van der Waals surface area contributed by atoms with Crippen LogP contribution in [-0.4, -0.2) is 4.40 Å². The van der Waals surface area contributed by atoms with E-state index in [0.29, 0.717) is 0 Å². The number of benzene rings is 9. The maximum atomic E-state index is 2.53. The second-order valence-corrected chi connectivity index (χ2v) is 14.8. The SMILES string of the molecule is c1ccc2c(c1)-c1ccccc1C21c2ccccc2-c2ccc(-c3cc4c5cc6ccccc6cc5n5c6cc7ccccc7cc6c(c3)c45)cc21. The van der Waals surface area contributed by atoms with Gasteiger partial charge in [-0.3, -0.25) is 0 Å². The van der Waals surface area contributed by atoms with Crippen LogP contribution in [0.1, 0.15) is 22.3 Å². The van der Waals surface area contributed by atoms with Gasteiger partial charge in [0.15, 0.2) is 0 Å². The highest BCUT2D eigenvalue weighted by Gasteiger charge is 2.51. The zero-order valence-electron chi connectivity index (χ0n) is 28.2. The Hall–Kier alpha value is -6.70. The summed E-state index contributed by atoms with van der Waals surface area (Å²) in [5.74, 6) is 0. The summed E-state index contributed by atoms with van der Waals surface area (Å²) in [5, 5.41) is 10.3. The fraction of sp³-hybridized carbons (Fsp3) is 0.0196. The molecule has 2 heterocycles. The first kappa shape index (κ1) is 27.1. The molecule has 11 aromatic rings. The molecular weight excluding hydrogens is 627 g/mol. The van der Waals surface area contributed by atoms with E-state index in [1.54, 1.807) is 0 Å². The Bertz CT molecular complexity index is 3170. The summed E-state index contributed by atoms with van der Waals surface area (Å²) >= 11 is 0. The third kappa shape index (κ3) is 3.13. The van der Waals surface area contributed by atoms with E-state index in [0.717, 1.165) is 0 Å². The van der Waals surface area contributed by atoms with Crippen LogP contribution in [0.3, 0.4) is 0 Å². The number of nitrogens with zero attached hydrogens (tertiary/aromatic N) is 1. The maximum Gasteiger partial charge on any atom is 0.0725 e. The summed E-state index contributed by atoms with van der Waals surface area (Å²) < 4.78 is 2.53. The lowest BCUT2D eigenvalue weighted by atomic mass is 9.70. The molecule has 0 aliphatic heterocycles. The van der Waals surface area contributed by atoms with Crippen LogP contribution in [0.25, 0.3) is 93.0 Å². The van der Waals surface area contributed by atoms with Crippen LogP contribution >= 0.6 is 0 Å². The van der Waals surface area contributed by atoms with Crippen molar-refractivity contribution >= 4 is 59.6 Å². The predicted molar refractivity (Wildman–Crippen MR) is 218 cm³/mol. The van der Waals surface area contributed by atoms with Crippen LogP contribution in [0, 0.1) is 0 Å². The van der Waals surface area contributed by atoms with Crippen LogP contribution in [0.2, 0.25) is 0 Å². The van der Waals surface area contributed by atoms with Gasteiger partial charge in [-0.1, -0.05) is 133 Å². The molecule has 0 atom stereocenters. The van der Waals surface area contributed by atoms with E-state index in [9.17, 15) is 0 Å². The minimum absolute atomic E-state index is 0.365. The molecule has 1 heteroatoms. The minimum Gasteiger partial charge on any atom is -0.308 e. The largest absolute Gasteiger partial charge is 0.308 e. The van der Waals surface area contributed by atoms with Crippen molar-refractivity contribution in [1.82, 2.24) is 4.40 Å². The van der Waals surface area contributed by atoms with E-state index in [4.69, 9.17) is 0 Å². The first-order valence-corrected chi connectivity index (χ1v) is 18.3. The summed E-state index contributed by atoms with van der Waals surface area (Å²) in [6.45, 7) is 0. The van der Waals surface area contributed by atoms with E-state index < -0.39 is 0 Å². The van der Waals surface area contributed by atoms with Gasteiger partial charge in [0.2, 0.25) is 0 Å². The van der Waals surface area contributed by atoms with Gasteiger partial charge in [0, 0.05) is 21.5 Å². The number of fused-ring (bicyclic) bond motifs is 18. The van der Waals surface area contributed by atoms with Crippen LogP contribution in [0.5, 0.6) is 0 Å². The first-order chi connectivity index (χ1) is 25.8. The summed E-state index contributed by atoms with van der Waals surface area (Å²) in [6, 6.07) is 66.6. The fourth-order valence-electron chi connectivity index (χ4n) is 10.4. The van der Waals surface area contributed by atoms with Gasteiger partial charge in [0.05, 0.1) is 22.0 Å². The molecule has 52 heavy (non-hydrogen) atoms. The quantitative estimate of drug-likeness (QED) is 0.166. The van der Waals surface area contributed by atoms with Crippen molar-refractivity contribution in [3.05, 3.63) is 198 Å². The Labute approximate surface area is 300 Å². The Morgan fingerprint density at radius 1 is 0.308 bits per heavy atom.